The molecule has 0 aromatic heterocycles. The van der Waals surface area contributed by atoms with Crippen molar-refractivity contribution in [3.05, 3.63) is 29.8 Å². The fourth-order valence-corrected chi connectivity index (χ4v) is 3.96. The Hall–Kier alpha value is -1.35. The Labute approximate surface area is 127 Å². The maximum Gasteiger partial charge on any atom is 0.228 e. The van der Waals surface area contributed by atoms with Crippen molar-refractivity contribution >= 4 is 11.6 Å². The van der Waals surface area contributed by atoms with Gasteiger partial charge >= 0.3 is 0 Å². The quantitative estimate of drug-likeness (QED) is 0.902. The van der Waals surface area contributed by atoms with Crippen LogP contribution >= 0.6 is 0 Å². The molecule has 0 spiro atoms. The molecule has 3 nitrogen and oxygen atoms in total. The molecule has 2 aliphatic rings. The van der Waals surface area contributed by atoms with Gasteiger partial charge in [0.25, 0.3) is 0 Å². The number of nitrogens with zero attached hydrogens (tertiary/aromatic N) is 1. The Balaban J connectivity index is 1.80. The maximum absolute atomic E-state index is 12.2. The highest BCUT2D eigenvalue weighted by molar-refractivity contribution is 5.96. The number of fused-ring (bicyclic) bond motifs is 1. The number of carbonyl (C=O) groups excluding carboxylic acids is 1. The summed E-state index contributed by atoms with van der Waals surface area (Å²) in [6, 6.07) is 9.00. The molecule has 21 heavy (non-hydrogen) atoms. The second kappa shape index (κ2) is 5.80. The number of hydrogen-bond donors (Lipinski definition) is 1. The second-order valence-electron chi connectivity index (χ2n) is 6.94. The Morgan fingerprint density at radius 2 is 1.95 bits per heavy atom. The van der Waals surface area contributed by atoms with Crippen LogP contribution < -0.4 is 10.2 Å². The number of hydrogen-bond acceptors (Lipinski definition) is 2. The Morgan fingerprint density at radius 1 is 1.19 bits per heavy atom. The third kappa shape index (κ3) is 2.84. The van der Waals surface area contributed by atoms with E-state index < -0.39 is 0 Å². The van der Waals surface area contributed by atoms with E-state index in [0.29, 0.717) is 18.4 Å². The van der Waals surface area contributed by atoms with Crippen LogP contribution in [-0.4, -0.2) is 19.0 Å². The monoisotopic (exact) mass is 286 g/mol. The molecule has 1 saturated carbocycles. The summed E-state index contributed by atoms with van der Waals surface area (Å²) >= 11 is 0. The lowest BCUT2D eigenvalue weighted by Gasteiger charge is -2.39. The molecule has 3 heteroatoms. The number of nitrogens with one attached hydrogen (secondary N) is 1. The molecule has 1 heterocycles. The van der Waals surface area contributed by atoms with Crippen LogP contribution in [0.5, 0.6) is 0 Å². The number of para-hydroxylation sites is 1. The van der Waals surface area contributed by atoms with Crippen molar-refractivity contribution in [2.45, 2.75) is 51.6 Å². The van der Waals surface area contributed by atoms with Gasteiger partial charge in [-0.25, -0.2) is 0 Å². The van der Waals surface area contributed by atoms with E-state index in [1.54, 1.807) is 4.90 Å². The van der Waals surface area contributed by atoms with Gasteiger partial charge in [-0.05, 0) is 42.7 Å². The zero-order chi connectivity index (χ0) is 15.0. The summed E-state index contributed by atoms with van der Waals surface area (Å²) in [7, 11) is 1.88. The van der Waals surface area contributed by atoms with Gasteiger partial charge in [-0.3, -0.25) is 4.79 Å². The predicted molar refractivity (Wildman–Crippen MR) is 86.3 cm³/mol. The molecule has 0 bridgehead atoms. The van der Waals surface area contributed by atoms with Gasteiger partial charge in [-0.1, -0.05) is 32.0 Å². The largest absolute Gasteiger partial charge is 0.315 e. The van der Waals surface area contributed by atoms with Gasteiger partial charge in [0.05, 0.1) is 0 Å². The summed E-state index contributed by atoms with van der Waals surface area (Å²) in [4.78, 5) is 14.0. The van der Waals surface area contributed by atoms with Crippen LogP contribution in [0.4, 0.5) is 5.69 Å². The van der Waals surface area contributed by atoms with Gasteiger partial charge in [0.15, 0.2) is 0 Å². The summed E-state index contributed by atoms with van der Waals surface area (Å²) in [5.41, 5.74) is 2.33. The van der Waals surface area contributed by atoms with Crippen molar-refractivity contribution in [3.8, 4) is 0 Å². The molecule has 1 fully saturated rings. The third-order valence-electron chi connectivity index (χ3n) is 5.27. The molecule has 1 amide bonds. The van der Waals surface area contributed by atoms with Gasteiger partial charge in [0, 0.05) is 31.2 Å². The van der Waals surface area contributed by atoms with Gasteiger partial charge in [-0.2, -0.15) is 0 Å². The summed E-state index contributed by atoms with van der Waals surface area (Å²) in [6.45, 7) is 4.69. The van der Waals surface area contributed by atoms with Crippen LogP contribution in [0.1, 0.15) is 51.1 Å². The van der Waals surface area contributed by atoms with E-state index in [0.717, 1.165) is 11.6 Å². The van der Waals surface area contributed by atoms with Crippen LogP contribution in [-0.2, 0) is 4.79 Å². The standard InChI is InChI=1S/C18H26N2O/c1-12-8-9-15(13(2)10-12)19-16-11-18(21)20(3)17-7-5-4-6-14(16)17/h4-7,12-13,15-16,19H,8-11H2,1-3H3. The van der Waals surface area contributed by atoms with Crippen molar-refractivity contribution in [1.29, 1.82) is 0 Å². The topological polar surface area (TPSA) is 32.3 Å². The number of rotatable bonds is 2. The number of carbonyl (C=O) groups is 1. The Kier molecular flexibility index (Phi) is 4.03. The fraction of sp³-hybridized carbons (Fsp3) is 0.611. The normalized spacial score (nSPS) is 32.9. The summed E-state index contributed by atoms with van der Waals surface area (Å²) in [5.74, 6) is 1.74. The van der Waals surface area contributed by atoms with Crippen LogP contribution in [0.2, 0.25) is 0 Å². The first kappa shape index (κ1) is 14.6. The van der Waals surface area contributed by atoms with Crippen LogP contribution in [0.25, 0.3) is 0 Å². The highest BCUT2D eigenvalue weighted by Gasteiger charge is 2.33. The Bertz CT molecular complexity index is 528. The van der Waals surface area contributed by atoms with E-state index in [-0.39, 0.29) is 11.9 Å². The molecule has 114 valence electrons. The number of anilines is 1. The molecule has 1 aliphatic carbocycles. The zero-order valence-electron chi connectivity index (χ0n) is 13.3. The minimum Gasteiger partial charge on any atom is -0.315 e. The van der Waals surface area contributed by atoms with Crippen molar-refractivity contribution in [2.24, 2.45) is 11.8 Å². The lowest BCUT2D eigenvalue weighted by atomic mass is 9.79. The highest BCUT2D eigenvalue weighted by Crippen LogP contribution is 2.36. The minimum absolute atomic E-state index is 0.172. The first-order valence-corrected chi connectivity index (χ1v) is 8.17. The number of benzene rings is 1. The van der Waals surface area contributed by atoms with E-state index in [9.17, 15) is 4.79 Å². The SMILES string of the molecule is CC1CCC(NC2CC(=O)N(C)c3ccccc32)C(C)C1. The van der Waals surface area contributed by atoms with Crippen molar-refractivity contribution in [1.82, 2.24) is 5.32 Å². The Morgan fingerprint density at radius 3 is 2.71 bits per heavy atom. The molecule has 1 aromatic carbocycles. The molecule has 1 N–H and O–H groups in total. The average molecular weight is 286 g/mol. The van der Waals surface area contributed by atoms with E-state index in [1.807, 2.05) is 19.2 Å². The summed E-state index contributed by atoms with van der Waals surface area (Å²) in [5, 5.41) is 3.79. The van der Waals surface area contributed by atoms with E-state index >= 15 is 0 Å². The van der Waals surface area contributed by atoms with Crippen molar-refractivity contribution in [3.63, 3.8) is 0 Å². The average Bonchev–Trinajstić information content (AvgIpc) is 2.47. The summed E-state index contributed by atoms with van der Waals surface area (Å²) < 4.78 is 0. The van der Waals surface area contributed by atoms with E-state index in [2.05, 4.69) is 31.3 Å². The molecular formula is C18H26N2O. The smallest absolute Gasteiger partial charge is 0.228 e. The zero-order valence-corrected chi connectivity index (χ0v) is 13.3. The molecule has 1 aromatic rings. The van der Waals surface area contributed by atoms with Crippen LogP contribution in [0, 0.1) is 11.8 Å². The summed E-state index contributed by atoms with van der Waals surface area (Å²) in [6.07, 6.45) is 4.39. The van der Waals surface area contributed by atoms with Gasteiger partial charge in [0.2, 0.25) is 5.91 Å². The van der Waals surface area contributed by atoms with Crippen LogP contribution in [0.3, 0.4) is 0 Å². The lowest BCUT2D eigenvalue weighted by Crippen LogP contribution is -2.45. The molecule has 0 radical (unpaired) electrons. The van der Waals surface area contributed by atoms with Gasteiger partial charge in [0.1, 0.15) is 0 Å². The van der Waals surface area contributed by atoms with Crippen molar-refractivity contribution in [2.75, 3.05) is 11.9 Å². The minimum atomic E-state index is 0.172. The molecule has 1 aliphatic heterocycles. The third-order valence-corrected chi connectivity index (χ3v) is 5.27. The first-order valence-electron chi connectivity index (χ1n) is 8.17. The fourth-order valence-electron chi connectivity index (χ4n) is 3.96. The number of amides is 1. The van der Waals surface area contributed by atoms with E-state index in [4.69, 9.17) is 0 Å². The predicted octanol–water partition coefficient (Wildman–Crippen LogP) is 3.51. The van der Waals surface area contributed by atoms with Gasteiger partial charge in [-0.15, -0.1) is 0 Å². The van der Waals surface area contributed by atoms with Crippen LogP contribution in [0.15, 0.2) is 24.3 Å². The molecular weight excluding hydrogens is 260 g/mol. The molecule has 3 rings (SSSR count). The van der Waals surface area contributed by atoms with Crippen molar-refractivity contribution < 1.29 is 4.79 Å². The van der Waals surface area contributed by atoms with Gasteiger partial charge < -0.3 is 10.2 Å². The first-order chi connectivity index (χ1) is 10.1. The maximum atomic E-state index is 12.2. The lowest BCUT2D eigenvalue weighted by molar-refractivity contribution is -0.119. The highest BCUT2D eigenvalue weighted by atomic mass is 16.2. The molecule has 4 unspecified atom stereocenters. The van der Waals surface area contributed by atoms with E-state index in [1.165, 1.54) is 24.8 Å². The molecule has 4 atom stereocenters. The second-order valence-corrected chi connectivity index (χ2v) is 6.94. The molecule has 0 saturated heterocycles.